The molecule has 0 fully saturated rings. The van der Waals surface area contributed by atoms with E-state index in [0.29, 0.717) is 18.0 Å². The molecule has 5 heteroatoms. The van der Waals surface area contributed by atoms with Crippen LogP contribution in [0.2, 0.25) is 0 Å². The highest BCUT2D eigenvalue weighted by Gasteiger charge is 2.40. The summed E-state index contributed by atoms with van der Waals surface area (Å²) in [6, 6.07) is 12.6. The number of carbonyl (C=O) groups is 1. The van der Waals surface area contributed by atoms with Crippen LogP contribution < -0.4 is 14.0 Å². The second-order valence-corrected chi connectivity index (χ2v) is 8.11. The average molecular weight is 404 g/mol. The molecule has 1 atom stereocenters. The molecule has 30 heavy (non-hydrogen) atoms. The topological polar surface area (TPSA) is 42.7 Å². The lowest BCUT2D eigenvalue weighted by atomic mass is 9.83. The number of carbonyl (C=O) groups excluding carboxylic acids is 1. The predicted octanol–water partition coefficient (Wildman–Crippen LogP) is 4.20. The summed E-state index contributed by atoms with van der Waals surface area (Å²) in [4.78, 5) is 15.8. The Balaban J connectivity index is 1.90. The molecule has 0 radical (unpaired) electrons. The number of benzene rings is 2. The summed E-state index contributed by atoms with van der Waals surface area (Å²) in [5, 5.41) is 0.962. The summed E-state index contributed by atoms with van der Waals surface area (Å²) in [6.45, 7) is 2.78. The summed E-state index contributed by atoms with van der Waals surface area (Å²) in [7, 11) is 5.32. The molecule has 0 saturated heterocycles. The molecule has 2 aromatic carbocycles. The van der Waals surface area contributed by atoms with E-state index in [9.17, 15) is 4.79 Å². The highest BCUT2D eigenvalue weighted by Crippen LogP contribution is 2.44. The Morgan fingerprint density at radius 3 is 2.60 bits per heavy atom. The van der Waals surface area contributed by atoms with Crippen LogP contribution in [-0.2, 0) is 13.5 Å². The van der Waals surface area contributed by atoms with Crippen LogP contribution >= 0.6 is 0 Å². The van der Waals surface area contributed by atoms with E-state index in [2.05, 4.69) is 34.6 Å². The van der Waals surface area contributed by atoms with E-state index < -0.39 is 0 Å². The van der Waals surface area contributed by atoms with Crippen LogP contribution in [0.15, 0.2) is 36.4 Å². The summed E-state index contributed by atoms with van der Waals surface area (Å²) in [6.07, 6.45) is 3.20. The Labute approximate surface area is 176 Å². The van der Waals surface area contributed by atoms with Crippen molar-refractivity contribution in [1.29, 1.82) is 0 Å². The number of pyridine rings is 1. The van der Waals surface area contributed by atoms with Gasteiger partial charge in [-0.25, -0.2) is 0 Å². The molecule has 0 N–H and O–H groups in total. The lowest BCUT2D eigenvalue weighted by Gasteiger charge is -2.34. The van der Waals surface area contributed by atoms with Gasteiger partial charge in [-0.15, -0.1) is 0 Å². The van der Waals surface area contributed by atoms with E-state index in [0.717, 1.165) is 41.4 Å². The molecule has 5 nitrogen and oxygen atoms in total. The zero-order valence-electron chi connectivity index (χ0n) is 18.0. The lowest BCUT2D eigenvalue weighted by Crippen LogP contribution is -2.37. The molecule has 2 heterocycles. The highest BCUT2D eigenvalue weighted by atomic mass is 16.5. The first kappa shape index (κ1) is 18.9. The molecule has 1 aliphatic heterocycles. The zero-order valence-corrected chi connectivity index (χ0v) is 18.0. The minimum Gasteiger partial charge on any atom is -0.493 e. The van der Waals surface area contributed by atoms with Gasteiger partial charge >= 0.3 is 0 Å². The molecule has 2 aliphatic rings. The molecule has 0 unspecified atom stereocenters. The number of rotatable bonds is 3. The smallest absolute Gasteiger partial charge is 0.261 e. The fourth-order valence-corrected chi connectivity index (χ4v) is 5.34. The maximum absolute atomic E-state index is 13.8. The van der Waals surface area contributed by atoms with Crippen molar-refractivity contribution in [3.05, 3.63) is 53.1 Å². The van der Waals surface area contributed by atoms with Crippen LogP contribution in [0.1, 0.15) is 47.3 Å². The number of aryl methyl sites for hydroxylation is 2. The highest BCUT2D eigenvalue weighted by molar-refractivity contribution is 6.04. The van der Waals surface area contributed by atoms with E-state index in [1.807, 2.05) is 25.2 Å². The van der Waals surface area contributed by atoms with Crippen LogP contribution in [0.3, 0.4) is 0 Å². The van der Waals surface area contributed by atoms with E-state index in [4.69, 9.17) is 9.47 Å². The van der Waals surface area contributed by atoms with Gasteiger partial charge in [-0.2, -0.15) is 4.57 Å². The second kappa shape index (κ2) is 7.01. The number of hydrogen-bond donors (Lipinski definition) is 0. The van der Waals surface area contributed by atoms with Crippen LogP contribution in [0.5, 0.6) is 11.5 Å². The molecule has 1 amide bonds. The van der Waals surface area contributed by atoms with Gasteiger partial charge in [-0.05, 0) is 55.5 Å². The van der Waals surface area contributed by atoms with Gasteiger partial charge in [0.2, 0.25) is 11.2 Å². The quantitative estimate of drug-likeness (QED) is 0.616. The van der Waals surface area contributed by atoms with Gasteiger partial charge in [0.1, 0.15) is 12.6 Å². The van der Waals surface area contributed by atoms with Gasteiger partial charge in [0.15, 0.2) is 11.5 Å². The summed E-state index contributed by atoms with van der Waals surface area (Å²) >= 11 is 0. The first-order chi connectivity index (χ1) is 14.6. The molecular formula is C25H27N2O3+. The van der Waals surface area contributed by atoms with Crippen LogP contribution in [0, 0.1) is 0 Å². The molecule has 0 spiro atoms. The second-order valence-electron chi connectivity index (χ2n) is 8.11. The van der Waals surface area contributed by atoms with Crippen molar-refractivity contribution in [3.63, 3.8) is 0 Å². The van der Waals surface area contributed by atoms with E-state index in [1.165, 1.54) is 16.7 Å². The van der Waals surface area contributed by atoms with Gasteiger partial charge in [-0.1, -0.05) is 12.1 Å². The molecular weight excluding hydrogens is 376 g/mol. The molecule has 1 aromatic heterocycles. The Morgan fingerprint density at radius 2 is 1.87 bits per heavy atom. The Kier molecular flexibility index (Phi) is 4.42. The van der Waals surface area contributed by atoms with Crippen molar-refractivity contribution in [3.8, 4) is 22.8 Å². The molecule has 0 saturated carbocycles. The van der Waals surface area contributed by atoms with Crippen molar-refractivity contribution in [2.24, 2.45) is 7.05 Å². The number of amides is 1. The standard InChI is InChI=1S/C25H27N2O3/c1-5-27-19-11-7-9-15-8-6-10-17(23(15)19)24-18(25(27)28)12-16-13-21(29-3)22(30-4)14-20(16)26(24)2/h6,8,10,12-14,19H,5,7,9,11H2,1-4H3/q+1/t19-/m0/s1. The van der Waals surface area contributed by atoms with Gasteiger partial charge in [0.05, 0.1) is 37.3 Å². The molecule has 1 aliphatic carbocycles. The SMILES string of the molecule is CCN1C(=O)c2cc3cc(OC)c(OC)cc3[n+](C)c2-c2cccc3c2[C@@H]1CCC3. The third kappa shape index (κ3) is 2.54. The minimum atomic E-state index is 0.105. The first-order valence-electron chi connectivity index (χ1n) is 10.6. The van der Waals surface area contributed by atoms with E-state index >= 15 is 0 Å². The first-order valence-corrected chi connectivity index (χ1v) is 10.6. The van der Waals surface area contributed by atoms with E-state index in [1.54, 1.807) is 14.2 Å². The largest absolute Gasteiger partial charge is 0.493 e. The number of aromatic nitrogens is 1. The molecule has 5 rings (SSSR count). The van der Waals surface area contributed by atoms with E-state index in [-0.39, 0.29) is 11.9 Å². The van der Waals surface area contributed by atoms with Gasteiger partial charge < -0.3 is 14.4 Å². The Bertz CT molecular complexity index is 1180. The maximum Gasteiger partial charge on any atom is 0.261 e. The van der Waals surface area contributed by atoms with Crippen molar-refractivity contribution in [2.75, 3.05) is 20.8 Å². The Hall–Kier alpha value is -3.08. The minimum absolute atomic E-state index is 0.105. The number of methoxy groups -OCH3 is 2. The fraction of sp³-hybridized carbons (Fsp3) is 0.360. The third-order valence-corrected chi connectivity index (χ3v) is 6.70. The molecule has 3 aromatic rings. The molecule has 154 valence electrons. The summed E-state index contributed by atoms with van der Waals surface area (Å²) in [5.41, 5.74) is 6.62. The van der Waals surface area contributed by atoms with Crippen molar-refractivity contribution in [2.45, 2.75) is 32.2 Å². The summed E-state index contributed by atoms with van der Waals surface area (Å²) in [5.74, 6) is 1.45. The predicted molar refractivity (Wildman–Crippen MR) is 116 cm³/mol. The normalized spacial score (nSPS) is 17.4. The number of nitrogens with zero attached hydrogens (tertiary/aromatic N) is 2. The number of ether oxygens (including phenoxy) is 2. The average Bonchev–Trinajstić information content (AvgIpc) is 2.87. The Morgan fingerprint density at radius 1 is 1.10 bits per heavy atom. The number of fused-ring (bicyclic) bond motifs is 3. The maximum atomic E-state index is 13.8. The van der Waals surface area contributed by atoms with Crippen molar-refractivity contribution in [1.82, 2.24) is 4.90 Å². The van der Waals surface area contributed by atoms with Gasteiger partial charge in [0.25, 0.3) is 5.91 Å². The molecule has 0 bridgehead atoms. The van der Waals surface area contributed by atoms with Crippen molar-refractivity contribution >= 4 is 16.8 Å². The third-order valence-electron chi connectivity index (χ3n) is 6.70. The van der Waals surface area contributed by atoms with Crippen molar-refractivity contribution < 1.29 is 18.8 Å². The van der Waals surface area contributed by atoms with Crippen LogP contribution in [-0.4, -0.2) is 31.6 Å². The zero-order chi connectivity index (χ0) is 21.0. The van der Waals surface area contributed by atoms with Gasteiger partial charge in [0, 0.05) is 6.54 Å². The van der Waals surface area contributed by atoms with Crippen LogP contribution in [0.4, 0.5) is 0 Å². The fourth-order valence-electron chi connectivity index (χ4n) is 5.34. The van der Waals surface area contributed by atoms with Crippen LogP contribution in [0.25, 0.3) is 22.2 Å². The summed E-state index contributed by atoms with van der Waals surface area (Å²) < 4.78 is 13.2. The number of hydrogen-bond acceptors (Lipinski definition) is 3. The lowest BCUT2D eigenvalue weighted by molar-refractivity contribution is -0.633. The monoisotopic (exact) mass is 403 g/mol. The van der Waals surface area contributed by atoms with Gasteiger partial charge in [-0.3, -0.25) is 4.79 Å².